The fourth-order valence-corrected chi connectivity index (χ4v) is 3.71. The summed E-state index contributed by atoms with van der Waals surface area (Å²) in [5.41, 5.74) is 1.38. The lowest BCUT2D eigenvalue weighted by Gasteiger charge is -2.07. The van der Waals surface area contributed by atoms with Crippen LogP contribution in [0.2, 0.25) is 0 Å². The summed E-state index contributed by atoms with van der Waals surface area (Å²) in [5, 5.41) is 10.8. The Kier molecular flexibility index (Phi) is 7.32. The van der Waals surface area contributed by atoms with E-state index >= 15 is 0 Å². The van der Waals surface area contributed by atoms with Crippen molar-refractivity contribution in [3.8, 4) is 0 Å². The van der Waals surface area contributed by atoms with Crippen molar-refractivity contribution in [3.63, 3.8) is 0 Å². The van der Waals surface area contributed by atoms with Gasteiger partial charge >= 0.3 is 0 Å². The van der Waals surface area contributed by atoms with Crippen molar-refractivity contribution in [2.45, 2.75) is 6.42 Å². The number of rotatable bonds is 9. The molecule has 4 N–H and O–H groups in total. The number of anilines is 2. The van der Waals surface area contributed by atoms with Crippen LogP contribution in [-0.2, 0) is 25.9 Å². The molecule has 0 saturated heterocycles. The van der Waals surface area contributed by atoms with E-state index in [0.29, 0.717) is 17.7 Å². The molecule has 3 heterocycles. The minimum atomic E-state index is -0.469. The average Bonchev–Trinajstić information content (AvgIpc) is 3.64. The molecule has 13 nitrogen and oxygen atoms in total. The van der Waals surface area contributed by atoms with Crippen LogP contribution in [0.15, 0.2) is 54.7 Å². The number of hydrogen-bond acceptors (Lipinski definition) is 6. The van der Waals surface area contributed by atoms with Crippen LogP contribution in [0.5, 0.6) is 0 Å². The van der Waals surface area contributed by atoms with Gasteiger partial charge in [0.15, 0.2) is 11.6 Å². The van der Waals surface area contributed by atoms with Crippen LogP contribution in [0, 0.1) is 0 Å². The minimum Gasteiger partial charge on any atom is -0.351 e. The van der Waals surface area contributed by atoms with Gasteiger partial charge in [-0.15, -0.1) is 0 Å². The highest BCUT2D eigenvalue weighted by molar-refractivity contribution is 6.06. The molecule has 0 aromatic carbocycles. The summed E-state index contributed by atoms with van der Waals surface area (Å²) in [6, 6.07) is 1.53. The van der Waals surface area contributed by atoms with E-state index in [-0.39, 0.29) is 42.2 Å². The second kappa shape index (κ2) is 10.8. The molecule has 1 aliphatic rings. The van der Waals surface area contributed by atoms with Gasteiger partial charge in [-0.3, -0.25) is 19.2 Å². The first-order valence-corrected chi connectivity index (χ1v) is 11.4. The highest BCUT2D eigenvalue weighted by Gasteiger charge is 2.19. The van der Waals surface area contributed by atoms with Crippen LogP contribution in [0.4, 0.5) is 11.5 Å². The summed E-state index contributed by atoms with van der Waals surface area (Å²) in [4.78, 5) is 57.9. The number of carbonyl (C=O) groups excluding carboxylic acids is 4. The third kappa shape index (κ3) is 5.83. The maximum Gasteiger partial charge on any atom is 0.291 e. The highest BCUT2D eigenvalue weighted by Crippen LogP contribution is 2.16. The molecule has 0 aliphatic heterocycles. The molecular formula is C24H27N9O4. The number of aryl methyl sites for hydroxylation is 3. The van der Waals surface area contributed by atoms with Gasteiger partial charge in [-0.05, 0) is 12.5 Å². The maximum atomic E-state index is 12.8. The topological polar surface area (TPSA) is 157 Å². The van der Waals surface area contributed by atoms with E-state index in [1.165, 1.54) is 23.0 Å². The fourth-order valence-electron chi connectivity index (χ4n) is 3.71. The Balaban J connectivity index is 1.31. The summed E-state index contributed by atoms with van der Waals surface area (Å²) in [6.07, 6.45) is 12.4. The molecule has 13 heteroatoms. The molecule has 4 amide bonds. The summed E-state index contributed by atoms with van der Waals surface area (Å²) >= 11 is 0. The molecule has 0 unspecified atom stereocenters. The Morgan fingerprint density at radius 3 is 2.30 bits per heavy atom. The van der Waals surface area contributed by atoms with E-state index in [1.807, 2.05) is 12.2 Å². The van der Waals surface area contributed by atoms with Gasteiger partial charge in [-0.2, -0.15) is 0 Å². The Morgan fingerprint density at radius 1 is 0.865 bits per heavy atom. The molecular weight excluding hydrogens is 478 g/mol. The zero-order valence-corrected chi connectivity index (χ0v) is 20.6. The van der Waals surface area contributed by atoms with Crippen molar-refractivity contribution in [2.75, 3.05) is 23.7 Å². The van der Waals surface area contributed by atoms with Crippen LogP contribution in [0.25, 0.3) is 0 Å². The first-order valence-electron chi connectivity index (χ1n) is 11.4. The monoisotopic (exact) mass is 505 g/mol. The number of carbonyl (C=O) groups is 4. The van der Waals surface area contributed by atoms with Crippen LogP contribution in [0.3, 0.4) is 0 Å². The summed E-state index contributed by atoms with van der Waals surface area (Å²) in [5.74, 6) is -0.967. The van der Waals surface area contributed by atoms with Crippen molar-refractivity contribution in [2.24, 2.45) is 21.1 Å². The molecule has 0 atom stereocenters. The van der Waals surface area contributed by atoms with Crippen molar-refractivity contribution in [1.82, 2.24) is 34.3 Å². The van der Waals surface area contributed by atoms with Gasteiger partial charge in [0, 0.05) is 64.6 Å². The zero-order chi connectivity index (χ0) is 26.5. The second-order valence-corrected chi connectivity index (χ2v) is 8.39. The van der Waals surface area contributed by atoms with Crippen LogP contribution < -0.4 is 21.3 Å². The molecule has 0 radical (unpaired) electrons. The molecule has 0 fully saturated rings. The van der Waals surface area contributed by atoms with Crippen LogP contribution in [0.1, 0.15) is 38.1 Å². The standard InChI is InChI=1S/C24H27N9O4/c1-31-11-10-25-19(31)24(37)28-16-12-17(32(2)13-16)22(35)30-18-14-33(3)20(29-18)23(36)27-9-8-26-21(34)15-6-4-5-7-15/h4-6,10-14H,7-9H2,1-3H3,(H,26,34)(H,27,36)(H,28,37)(H,30,35). The smallest absolute Gasteiger partial charge is 0.291 e. The van der Waals surface area contributed by atoms with Crippen molar-refractivity contribution >= 4 is 35.1 Å². The molecule has 37 heavy (non-hydrogen) atoms. The molecule has 0 bridgehead atoms. The fraction of sp³-hybridized carbons (Fsp3) is 0.250. The first-order chi connectivity index (χ1) is 17.7. The Morgan fingerprint density at radius 2 is 1.62 bits per heavy atom. The van der Waals surface area contributed by atoms with Gasteiger partial charge in [-0.25, -0.2) is 9.97 Å². The summed E-state index contributed by atoms with van der Waals surface area (Å²) in [7, 11) is 5.01. The number of nitrogens with one attached hydrogen (secondary N) is 4. The highest BCUT2D eigenvalue weighted by atomic mass is 16.2. The SMILES string of the molecule is Cn1cc(NC(=O)c2nccn2C)cc1C(=O)Nc1cn(C)c(C(=O)NCCNC(=O)C2=CC=CC2)n1. The van der Waals surface area contributed by atoms with Gasteiger partial charge < -0.3 is 35.0 Å². The normalized spacial score (nSPS) is 12.2. The van der Waals surface area contributed by atoms with Gasteiger partial charge in [0.25, 0.3) is 17.7 Å². The van der Waals surface area contributed by atoms with Crippen molar-refractivity contribution in [3.05, 3.63) is 72.0 Å². The van der Waals surface area contributed by atoms with Crippen LogP contribution in [-0.4, -0.2) is 60.4 Å². The van der Waals surface area contributed by atoms with E-state index in [1.54, 1.807) is 48.7 Å². The molecule has 0 spiro atoms. The first kappa shape index (κ1) is 25.2. The molecule has 4 rings (SSSR count). The van der Waals surface area contributed by atoms with Crippen molar-refractivity contribution < 1.29 is 19.2 Å². The van der Waals surface area contributed by atoms with Crippen molar-refractivity contribution in [1.29, 1.82) is 0 Å². The van der Waals surface area contributed by atoms with Gasteiger partial charge in [-0.1, -0.05) is 18.2 Å². The molecule has 1 aliphatic carbocycles. The molecule has 192 valence electrons. The maximum absolute atomic E-state index is 12.8. The average molecular weight is 506 g/mol. The van der Waals surface area contributed by atoms with E-state index in [0.717, 1.165) is 0 Å². The number of hydrogen-bond donors (Lipinski definition) is 4. The predicted octanol–water partition coefficient (Wildman–Crippen LogP) is 0.729. The van der Waals surface area contributed by atoms with E-state index in [9.17, 15) is 19.2 Å². The van der Waals surface area contributed by atoms with E-state index in [4.69, 9.17) is 0 Å². The molecule has 3 aromatic rings. The third-order valence-electron chi connectivity index (χ3n) is 5.60. The number of imidazole rings is 2. The largest absolute Gasteiger partial charge is 0.351 e. The van der Waals surface area contributed by atoms with Gasteiger partial charge in [0.1, 0.15) is 5.69 Å². The lowest BCUT2D eigenvalue weighted by atomic mass is 10.2. The van der Waals surface area contributed by atoms with Crippen LogP contribution >= 0.6 is 0 Å². The van der Waals surface area contributed by atoms with Gasteiger partial charge in [0.05, 0.1) is 5.69 Å². The molecule has 0 saturated carbocycles. The second-order valence-electron chi connectivity index (χ2n) is 8.39. The Bertz CT molecular complexity index is 1420. The quantitative estimate of drug-likeness (QED) is 0.314. The summed E-state index contributed by atoms with van der Waals surface area (Å²) < 4.78 is 4.64. The minimum absolute atomic E-state index is 0.0965. The molecule has 3 aromatic heterocycles. The number of aromatic nitrogens is 5. The van der Waals surface area contributed by atoms with E-state index < -0.39 is 17.7 Å². The number of nitrogens with zero attached hydrogens (tertiary/aromatic N) is 5. The zero-order valence-electron chi connectivity index (χ0n) is 20.6. The number of allylic oxidation sites excluding steroid dienone is 3. The predicted molar refractivity (Wildman–Crippen MR) is 135 cm³/mol. The Hall–Kier alpha value is -4.94. The summed E-state index contributed by atoms with van der Waals surface area (Å²) in [6.45, 7) is 0.485. The lowest BCUT2D eigenvalue weighted by molar-refractivity contribution is -0.117. The van der Waals surface area contributed by atoms with Gasteiger partial charge in [0.2, 0.25) is 11.7 Å². The lowest BCUT2D eigenvalue weighted by Crippen LogP contribution is -2.36. The Labute approximate surface area is 212 Å². The number of amides is 4. The van der Waals surface area contributed by atoms with E-state index in [2.05, 4.69) is 31.2 Å². The third-order valence-corrected chi connectivity index (χ3v) is 5.60.